The Morgan fingerprint density at radius 3 is 2.58 bits per heavy atom. The third kappa shape index (κ3) is 2.95. The number of hydrogen-bond acceptors (Lipinski definition) is 1. The van der Waals surface area contributed by atoms with Gasteiger partial charge in [0.25, 0.3) is 0 Å². The predicted molar refractivity (Wildman–Crippen MR) is 54.8 cm³/mol. The number of rotatable bonds is 6. The van der Waals surface area contributed by atoms with Gasteiger partial charge in [0.15, 0.2) is 0 Å². The molecule has 0 aromatic carbocycles. The molecule has 1 rings (SSSR count). The van der Waals surface area contributed by atoms with Crippen LogP contribution in [-0.4, -0.2) is 29.4 Å². The highest BCUT2D eigenvalue weighted by molar-refractivity contribution is 6.18. The molecule has 0 N–H and O–H groups in total. The maximum Gasteiger partial charge on any atom is 0.0351 e. The van der Waals surface area contributed by atoms with Crippen molar-refractivity contribution in [2.24, 2.45) is 0 Å². The zero-order valence-electron chi connectivity index (χ0n) is 8.22. The van der Waals surface area contributed by atoms with E-state index in [-0.39, 0.29) is 0 Å². The van der Waals surface area contributed by atoms with E-state index in [9.17, 15) is 0 Å². The van der Waals surface area contributed by atoms with E-state index in [1.807, 2.05) is 0 Å². The van der Waals surface area contributed by atoms with Crippen LogP contribution in [0.2, 0.25) is 0 Å². The summed E-state index contributed by atoms with van der Waals surface area (Å²) in [5.74, 6) is 0.782. The second kappa shape index (κ2) is 5.08. The molecule has 0 aliphatic heterocycles. The van der Waals surface area contributed by atoms with Gasteiger partial charge in [0.05, 0.1) is 0 Å². The van der Waals surface area contributed by atoms with Crippen LogP contribution in [0.5, 0.6) is 0 Å². The van der Waals surface area contributed by atoms with Crippen LogP contribution in [0.15, 0.2) is 0 Å². The lowest BCUT2D eigenvalue weighted by Gasteiger charge is -2.28. The van der Waals surface area contributed by atoms with E-state index in [0.717, 1.165) is 24.5 Å². The summed E-state index contributed by atoms with van der Waals surface area (Å²) in [7, 11) is 0. The van der Waals surface area contributed by atoms with Gasteiger partial charge in [0.2, 0.25) is 0 Å². The molecule has 12 heavy (non-hydrogen) atoms. The molecule has 1 saturated carbocycles. The highest BCUT2D eigenvalue weighted by Crippen LogP contribution is 2.29. The summed E-state index contributed by atoms with van der Waals surface area (Å²) < 4.78 is 0. The van der Waals surface area contributed by atoms with Crippen molar-refractivity contribution >= 4 is 11.6 Å². The molecular formula is C10H20ClN. The molecular weight excluding hydrogens is 170 g/mol. The molecule has 0 spiro atoms. The first-order chi connectivity index (χ1) is 5.79. The minimum atomic E-state index is 0.737. The molecule has 0 bridgehead atoms. The molecule has 72 valence electrons. The van der Waals surface area contributed by atoms with Gasteiger partial charge in [0, 0.05) is 24.5 Å². The van der Waals surface area contributed by atoms with E-state index in [4.69, 9.17) is 11.6 Å². The van der Waals surface area contributed by atoms with Gasteiger partial charge in [-0.05, 0) is 26.2 Å². The van der Waals surface area contributed by atoms with Gasteiger partial charge in [-0.3, -0.25) is 4.90 Å². The summed E-state index contributed by atoms with van der Waals surface area (Å²) in [6.07, 6.45) is 5.38. The standard InChI is InChI=1S/C10H20ClN/c1-3-4-9(2)12(8-7-11)10-5-6-10/h9-10H,3-8H2,1-2H3. The van der Waals surface area contributed by atoms with Crippen molar-refractivity contribution < 1.29 is 0 Å². The van der Waals surface area contributed by atoms with Crippen molar-refractivity contribution in [2.45, 2.75) is 51.6 Å². The topological polar surface area (TPSA) is 3.24 Å². The molecule has 0 amide bonds. The number of hydrogen-bond donors (Lipinski definition) is 0. The maximum absolute atomic E-state index is 5.77. The quantitative estimate of drug-likeness (QED) is 0.581. The predicted octanol–water partition coefficient (Wildman–Crippen LogP) is 2.88. The monoisotopic (exact) mass is 189 g/mol. The Morgan fingerprint density at radius 2 is 2.17 bits per heavy atom. The van der Waals surface area contributed by atoms with E-state index in [1.165, 1.54) is 25.7 Å². The number of nitrogens with zero attached hydrogens (tertiary/aromatic N) is 1. The Balaban J connectivity index is 2.29. The van der Waals surface area contributed by atoms with Gasteiger partial charge in [-0.1, -0.05) is 13.3 Å². The molecule has 1 aliphatic carbocycles. The number of halogens is 1. The Bertz CT molecular complexity index is 123. The van der Waals surface area contributed by atoms with Gasteiger partial charge in [0.1, 0.15) is 0 Å². The summed E-state index contributed by atoms with van der Waals surface area (Å²) in [4.78, 5) is 2.58. The van der Waals surface area contributed by atoms with Gasteiger partial charge in [-0.15, -0.1) is 11.6 Å². The average molecular weight is 190 g/mol. The average Bonchev–Trinajstić information content (AvgIpc) is 2.83. The van der Waals surface area contributed by atoms with E-state index in [0.29, 0.717) is 0 Å². The molecule has 0 aromatic rings. The van der Waals surface area contributed by atoms with Crippen LogP contribution < -0.4 is 0 Å². The summed E-state index contributed by atoms with van der Waals surface area (Å²) in [5.41, 5.74) is 0. The van der Waals surface area contributed by atoms with Crippen LogP contribution in [0.1, 0.15) is 39.5 Å². The van der Waals surface area contributed by atoms with Crippen LogP contribution in [-0.2, 0) is 0 Å². The molecule has 0 heterocycles. The van der Waals surface area contributed by atoms with E-state index >= 15 is 0 Å². The molecule has 2 heteroatoms. The van der Waals surface area contributed by atoms with Crippen molar-refractivity contribution in [3.8, 4) is 0 Å². The summed E-state index contributed by atoms with van der Waals surface area (Å²) in [6.45, 7) is 5.66. The second-order valence-corrected chi connectivity index (χ2v) is 4.17. The molecule has 1 aliphatic rings. The first-order valence-corrected chi connectivity index (χ1v) is 5.64. The van der Waals surface area contributed by atoms with Crippen molar-refractivity contribution in [1.82, 2.24) is 4.90 Å². The molecule has 0 radical (unpaired) electrons. The third-order valence-corrected chi connectivity index (χ3v) is 2.80. The van der Waals surface area contributed by atoms with Gasteiger partial charge < -0.3 is 0 Å². The molecule has 1 atom stereocenters. The Kier molecular flexibility index (Phi) is 4.38. The minimum Gasteiger partial charge on any atom is -0.297 e. The first-order valence-electron chi connectivity index (χ1n) is 5.11. The van der Waals surface area contributed by atoms with Crippen LogP contribution in [0, 0.1) is 0 Å². The lowest BCUT2D eigenvalue weighted by atomic mass is 10.1. The normalized spacial score (nSPS) is 20.0. The largest absolute Gasteiger partial charge is 0.297 e. The second-order valence-electron chi connectivity index (χ2n) is 3.80. The Morgan fingerprint density at radius 1 is 1.50 bits per heavy atom. The highest BCUT2D eigenvalue weighted by atomic mass is 35.5. The van der Waals surface area contributed by atoms with Crippen LogP contribution in [0.25, 0.3) is 0 Å². The van der Waals surface area contributed by atoms with Crippen LogP contribution in [0.3, 0.4) is 0 Å². The molecule has 1 fully saturated rings. The minimum absolute atomic E-state index is 0.737. The van der Waals surface area contributed by atoms with Gasteiger partial charge in [-0.25, -0.2) is 0 Å². The van der Waals surface area contributed by atoms with E-state index in [2.05, 4.69) is 18.7 Å². The number of alkyl halides is 1. The van der Waals surface area contributed by atoms with Crippen molar-refractivity contribution in [1.29, 1.82) is 0 Å². The highest BCUT2D eigenvalue weighted by Gasteiger charge is 2.30. The fourth-order valence-electron chi connectivity index (χ4n) is 1.85. The molecule has 0 aromatic heterocycles. The van der Waals surface area contributed by atoms with Crippen LogP contribution in [0.4, 0.5) is 0 Å². The fraction of sp³-hybridized carbons (Fsp3) is 1.00. The van der Waals surface area contributed by atoms with Crippen molar-refractivity contribution in [3.63, 3.8) is 0 Å². The summed E-state index contributed by atoms with van der Waals surface area (Å²) in [6, 6.07) is 1.60. The molecule has 0 saturated heterocycles. The molecule has 1 nitrogen and oxygen atoms in total. The fourth-order valence-corrected chi connectivity index (χ4v) is 2.05. The van der Waals surface area contributed by atoms with Crippen molar-refractivity contribution in [2.75, 3.05) is 12.4 Å². The van der Waals surface area contributed by atoms with Gasteiger partial charge in [-0.2, -0.15) is 0 Å². The van der Waals surface area contributed by atoms with Gasteiger partial charge >= 0.3 is 0 Å². The lowest BCUT2D eigenvalue weighted by Crippen LogP contribution is -2.36. The summed E-state index contributed by atoms with van der Waals surface area (Å²) >= 11 is 5.77. The first kappa shape index (κ1) is 10.3. The maximum atomic E-state index is 5.77. The van der Waals surface area contributed by atoms with Crippen LogP contribution >= 0.6 is 11.6 Å². The lowest BCUT2D eigenvalue weighted by molar-refractivity contribution is 0.200. The zero-order chi connectivity index (χ0) is 8.97. The molecule has 1 unspecified atom stereocenters. The Hall–Kier alpha value is 0.250. The van der Waals surface area contributed by atoms with E-state index in [1.54, 1.807) is 0 Å². The third-order valence-electron chi connectivity index (χ3n) is 2.63. The Labute approximate surface area is 81.1 Å². The zero-order valence-corrected chi connectivity index (χ0v) is 8.98. The van der Waals surface area contributed by atoms with Crippen molar-refractivity contribution in [3.05, 3.63) is 0 Å². The SMILES string of the molecule is CCCC(C)N(CCCl)C1CC1. The van der Waals surface area contributed by atoms with E-state index < -0.39 is 0 Å². The summed E-state index contributed by atoms with van der Waals surface area (Å²) in [5, 5.41) is 0. The smallest absolute Gasteiger partial charge is 0.0351 e.